The van der Waals surface area contributed by atoms with E-state index in [1.54, 1.807) is 12.2 Å². The zero-order valence-electron chi connectivity index (χ0n) is 8.58. The number of methoxy groups -OCH3 is 1. The van der Waals surface area contributed by atoms with Crippen LogP contribution < -0.4 is 5.32 Å². The second kappa shape index (κ2) is 5.14. The summed E-state index contributed by atoms with van der Waals surface area (Å²) < 4.78 is 4.59. The van der Waals surface area contributed by atoms with Crippen LogP contribution in [0.1, 0.15) is 12.8 Å². The Balaban J connectivity index is 2.83. The summed E-state index contributed by atoms with van der Waals surface area (Å²) in [7, 11) is 1.31. The van der Waals surface area contributed by atoms with Gasteiger partial charge in [0.1, 0.15) is 0 Å². The Hall–Kier alpha value is -1.84. The number of hydrogen-bond donors (Lipinski definition) is 1. The van der Waals surface area contributed by atoms with Gasteiger partial charge in [0.05, 0.1) is 12.7 Å². The molecule has 0 atom stereocenters. The van der Waals surface area contributed by atoms with Crippen molar-refractivity contribution in [3.8, 4) is 0 Å². The summed E-state index contributed by atoms with van der Waals surface area (Å²) in [4.78, 5) is 22.2. The summed E-state index contributed by atoms with van der Waals surface area (Å²) in [6, 6.07) is 0. The molecule has 1 saturated heterocycles. The fraction of sp³-hybridized carbons (Fsp3) is 0.273. The van der Waals surface area contributed by atoms with E-state index in [4.69, 9.17) is 0 Å². The Kier molecular flexibility index (Phi) is 3.85. The van der Waals surface area contributed by atoms with Crippen molar-refractivity contribution in [3.05, 3.63) is 36.1 Å². The molecule has 1 rings (SSSR count). The number of allylic oxidation sites excluding steroid dienone is 3. The molecule has 0 unspecified atom stereocenters. The highest BCUT2D eigenvalue weighted by atomic mass is 16.5. The summed E-state index contributed by atoms with van der Waals surface area (Å²) in [6.07, 6.45) is 5.75. The molecule has 0 bridgehead atoms. The van der Waals surface area contributed by atoms with Gasteiger partial charge in [-0.15, -0.1) is 0 Å². The number of rotatable bonds is 3. The van der Waals surface area contributed by atoms with Gasteiger partial charge < -0.3 is 10.1 Å². The molecule has 1 N–H and O–H groups in total. The highest BCUT2D eigenvalue weighted by molar-refractivity contribution is 5.92. The Morgan fingerprint density at radius 3 is 2.73 bits per heavy atom. The third kappa shape index (κ3) is 3.09. The summed E-state index contributed by atoms with van der Waals surface area (Å²) in [6.45, 7) is 3.51. The number of carbonyl (C=O) groups excluding carboxylic acids is 2. The van der Waals surface area contributed by atoms with Crippen molar-refractivity contribution < 1.29 is 14.3 Å². The average Bonchev–Trinajstić information content (AvgIpc) is 2.62. The van der Waals surface area contributed by atoms with Crippen molar-refractivity contribution >= 4 is 11.9 Å². The lowest BCUT2D eigenvalue weighted by atomic mass is 10.2. The van der Waals surface area contributed by atoms with E-state index < -0.39 is 5.97 Å². The molecule has 1 amide bonds. The molecule has 80 valence electrons. The van der Waals surface area contributed by atoms with Crippen molar-refractivity contribution in [3.63, 3.8) is 0 Å². The molecule has 1 aliphatic rings. The molecule has 0 spiro atoms. The molecule has 4 heteroatoms. The lowest BCUT2D eigenvalue weighted by molar-refractivity contribution is -0.135. The zero-order chi connectivity index (χ0) is 11.3. The summed E-state index contributed by atoms with van der Waals surface area (Å²) in [5, 5.41) is 2.66. The lowest BCUT2D eigenvalue weighted by Crippen LogP contribution is -2.13. The van der Waals surface area contributed by atoms with Crippen LogP contribution in [0.3, 0.4) is 0 Å². The topological polar surface area (TPSA) is 55.4 Å². The summed E-state index contributed by atoms with van der Waals surface area (Å²) in [5.41, 5.74) is 1.11. The van der Waals surface area contributed by atoms with Crippen LogP contribution in [0.2, 0.25) is 0 Å². The molecule has 15 heavy (non-hydrogen) atoms. The van der Waals surface area contributed by atoms with Gasteiger partial charge in [-0.2, -0.15) is 0 Å². The summed E-state index contributed by atoms with van der Waals surface area (Å²) in [5.74, 6) is -0.465. The second-order valence-electron chi connectivity index (χ2n) is 3.07. The van der Waals surface area contributed by atoms with Crippen LogP contribution in [0.4, 0.5) is 0 Å². The third-order valence-corrected chi connectivity index (χ3v) is 1.97. The molecule has 4 nitrogen and oxygen atoms in total. The second-order valence-corrected chi connectivity index (χ2v) is 3.07. The number of nitrogens with one attached hydrogen (secondary N) is 1. The van der Waals surface area contributed by atoms with Crippen LogP contribution in [-0.2, 0) is 14.3 Å². The predicted molar refractivity (Wildman–Crippen MR) is 55.8 cm³/mol. The van der Waals surface area contributed by atoms with Crippen LogP contribution in [0.25, 0.3) is 0 Å². The fourth-order valence-electron chi connectivity index (χ4n) is 1.27. The lowest BCUT2D eigenvalue weighted by Gasteiger charge is -2.01. The smallest absolute Gasteiger partial charge is 0.337 e. The predicted octanol–water partition coefficient (Wildman–Crippen LogP) is 1.07. The Labute approximate surface area is 88.3 Å². The van der Waals surface area contributed by atoms with Gasteiger partial charge in [0.2, 0.25) is 5.91 Å². The molecule has 0 saturated carbocycles. The maximum atomic E-state index is 11.3. The van der Waals surface area contributed by atoms with Crippen LogP contribution in [0.5, 0.6) is 0 Å². The van der Waals surface area contributed by atoms with E-state index in [9.17, 15) is 9.59 Å². The minimum atomic E-state index is -0.441. The number of carbonyl (C=O) groups is 2. The van der Waals surface area contributed by atoms with Crippen molar-refractivity contribution in [1.82, 2.24) is 5.32 Å². The molecule has 1 heterocycles. The standard InChI is InChI=1S/C11H13NO3/c1-3-4-8(11(14)15-2)7-9-5-6-10(13)12-9/h3-4,7H,1,5-6H2,2H3,(H,12,13)/b8-4+,9-7+. The molecule has 0 aromatic heterocycles. The Morgan fingerprint density at radius 1 is 1.53 bits per heavy atom. The van der Waals surface area contributed by atoms with Crippen molar-refractivity contribution in [1.29, 1.82) is 0 Å². The van der Waals surface area contributed by atoms with Gasteiger partial charge >= 0.3 is 5.97 Å². The quantitative estimate of drug-likeness (QED) is 0.428. The van der Waals surface area contributed by atoms with E-state index in [2.05, 4.69) is 16.6 Å². The van der Waals surface area contributed by atoms with Crippen molar-refractivity contribution in [2.45, 2.75) is 12.8 Å². The largest absolute Gasteiger partial charge is 0.465 e. The highest BCUT2D eigenvalue weighted by Gasteiger charge is 2.16. The van der Waals surface area contributed by atoms with Gasteiger partial charge in [0, 0.05) is 12.1 Å². The van der Waals surface area contributed by atoms with E-state index in [1.165, 1.54) is 13.2 Å². The minimum Gasteiger partial charge on any atom is -0.465 e. The van der Waals surface area contributed by atoms with E-state index in [0.29, 0.717) is 18.4 Å². The number of ether oxygens (including phenoxy) is 1. The van der Waals surface area contributed by atoms with Gasteiger partial charge in [-0.25, -0.2) is 4.79 Å². The molecule has 1 fully saturated rings. The Bertz CT molecular complexity index is 353. The molecule has 0 aromatic carbocycles. The van der Waals surface area contributed by atoms with Crippen LogP contribution in [0, 0.1) is 0 Å². The normalized spacial score (nSPS) is 18.9. The fourth-order valence-corrected chi connectivity index (χ4v) is 1.27. The number of amides is 1. The first-order valence-electron chi connectivity index (χ1n) is 4.59. The Morgan fingerprint density at radius 2 is 2.27 bits per heavy atom. The first kappa shape index (κ1) is 11.2. The number of esters is 1. The van der Waals surface area contributed by atoms with Crippen LogP contribution in [0.15, 0.2) is 36.1 Å². The number of hydrogen-bond acceptors (Lipinski definition) is 3. The van der Waals surface area contributed by atoms with E-state index in [-0.39, 0.29) is 5.91 Å². The van der Waals surface area contributed by atoms with Gasteiger partial charge in [0.25, 0.3) is 0 Å². The summed E-state index contributed by atoms with van der Waals surface area (Å²) >= 11 is 0. The van der Waals surface area contributed by atoms with E-state index in [1.807, 2.05) is 0 Å². The van der Waals surface area contributed by atoms with Gasteiger partial charge in [-0.05, 0) is 18.6 Å². The monoisotopic (exact) mass is 207 g/mol. The maximum absolute atomic E-state index is 11.3. The average molecular weight is 207 g/mol. The highest BCUT2D eigenvalue weighted by Crippen LogP contribution is 2.13. The van der Waals surface area contributed by atoms with Gasteiger partial charge in [0.15, 0.2) is 0 Å². The molecule has 0 aliphatic carbocycles. The van der Waals surface area contributed by atoms with Crippen molar-refractivity contribution in [2.24, 2.45) is 0 Å². The molecule has 0 aromatic rings. The van der Waals surface area contributed by atoms with Gasteiger partial charge in [-0.1, -0.05) is 12.7 Å². The van der Waals surface area contributed by atoms with Crippen LogP contribution in [-0.4, -0.2) is 19.0 Å². The molecule has 1 aliphatic heterocycles. The van der Waals surface area contributed by atoms with E-state index >= 15 is 0 Å². The van der Waals surface area contributed by atoms with Crippen LogP contribution >= 0.6 is 0 Å². The first-order chi connectivity index (χ1) is 7.17. The molecule has 0 radical (unpaired) electrons. The third-order valence-electron chi connectivity index (χ3n) is 1.97. The van der Waals surface area contributed by atoms with E-state index in [0.717, 1.165) is 5.70 Å². The first-order valence-corrected chi connectivity index (χ1v) is 4.59. The zero-order valence-corrected chi connectivity index (χ0v) is 8.58. The minimum absolute atomic E-state index is 0.0240. The SMILES string of the molecule is C=C/C=C(\C=C1/CCC(=O)N1)C(=O)OC. The maximum Gasteiger partial charge on any atom is 0.337 e. The van der Waals surface area contributed by atoms with Gasteiger partial charge in [-0.3, -0.25) is 4.79 Å². The molecular weight excluding hydrogens is 194 g/mol. The molecular formula is C11H13NO3. The van der Waals surface area contributed by atoms with Crippen molar-refractivity contribution in [2.75, 3.05) is 7.11 Å².